The minimum absolute atomic E-state index is 0.0875. The third-order valence-corrected chi connectivity index (χ3v) is 3.22. The molecular weight excluding hydrogens is 278 g/mol. The van der Waals surface area contributed by atoms with Gasteiger partial charge in [-0.25, -0.2) is 4.98 Å². The van der Waals surface area contributed by atoms with Crippen LogP contribution < -0.4 is 10.1 Å². The predicted molar refractivity (Wildman–Crippen MR) is 79.1 cm³/mol. The van der Waals surface area contributed by atoms with Crippen molar-refractivity contribution >= 4 is 28.5 Å². The smallest absolute Gasteiger partial charge is 0.239 e. The van der Waals surface area contributed by atoms with E-state index in [9.17, 15) is 4.79 Å². The van der Waals surface area contributed by atoms with E-state index in [2.05, 4.69) is 17.2 Å². The molecule has 1 aromatic heterocycles. The number of hydrogen-bond donors (Lipinski definition) is 1. The number of nitrogens with one attached hydrogen (secondary N) is 1. The SMILES string of the molecule is CCCOc1cccc2c1nc(CCl)n2CC(=O)NC. The van der Waals surface area contributed by atoms with Crippen LogP contribution in [0.15, 0.2) is 18.2 Å². The van der Waals surface area contributed by atoms with Crippen LogP contribution in [0.25, 0.3) is 11.0 Å². The average Bonchev–Trinajstić information content (AvgIpc) is 2.83. The first kappa shape index (κ1) is 14.7. The molecule has 0 atom stereocenters. The van der Waals surface area contributed by atoms with Gasteiger partial charge in [0.15, 0.2) is 0 Å². The van der Waals surface area contributed by atoms with Crippen LogP contribution in [0.5, 0.6) is 5.75 Å². The molecule has 5 nitrogen and oxygen atoms in total. The van der Waals surface area contributed by atoms with Crippen LogP contribution in [0.3, 0.4) is 0 Å². The van der Waals surface area contributed by atoms with E-state index in [-0.39, 0.29) is 18.3 Å². The molecule has 0 aliphatic heterocycles. The number of fused-ring (bicyclic) bond motifs is 1. The van der Waals surface area contributed by atoms with E-state index in [1.54, 1.807) is 7.05 Å². The lowest BCUT2D eigenvalue weighted by atomic mass is 10.3. The molecule has 2 aromatic rings. The van der Waals surface area contributed by atoms with Gasteiger partial charge >= 0.3 is 0 Å². The number of alkyl halides is 1. The molecule has 2 rings (SSSR count). The number of halogens is 1. The molecule has 108 valence electrons. The summed E-state index contributed by atoms with van der Waals surface area (Å²) in [7, 11) is 1.61. The molecule has 0 fully saturated rings. The molecule has 0 unspecified atom stereocenters. The van der Waals surface area contributed by atoms with E-state index < -0.39 is 0 Å². The number of benzene rings is 1. The summed E-state index contributed by atoms with van der Waals surface area (Å²) in [6.45, 7) is 2.89. The summed E-state index contributed by atoms with van der Waals surface area (Å²) in [6, 6.07) is 5.70. The second-order valence-electron chi connectivity index (χ2n) is 4.39. The largest absolute Gasteiger partial charge is 0.491 e. The zero-order valence-electron chi connectivity index (χ0n) is 11.6. The first-order valence-corrected chi connectivity index (χ1v) is 7.12. The van der Waals surface area contributed by atoms with Gasteiger partial charge in [0.2, 0.25) is 5.91 Å². The van der Waals surface area contributed by atoms with Gasteiger partial charge in [0, 0.05) is 7.05 Å². The summed E-state index contributed by atoms with van der Waals surface area (Å²) < 4.78 is 7.51. The van der Waals surface area contributed by atoms with E-state index >= 15 is 0 Å². The topological polar surface area (TPSA) is 56.2 Å². The number of carbonyl (C=O) groups excluding carboxylic acids is 1. The molecule has 0 saturated heterocycles. The second kappa shape index (κ2) is 6.61. The van der Waals surface area contributed by atoms with Crippen LogP contribution >= 0.6 is 11.6 Å². The Bertz CT molecular complexity index is 610. The van der Waals surface area contributed by atoms with E-state index in [1.807, 2.05) is 22.8 Å². The van der Waals surface area contributed by atoms with Crippen molar-refractivity contribution in [2.45, 2.75) is 25.8 Å². The average molecular weight is 296 g/mol. The lowest BCUT2D eigenvalue weighted by Crippen LogP contribution is -2.24. The molecule has 1 aromatic carbocycles. The minimum Gasteiger partial charge on any atom is -0.491 e. The van der Waals surface area contributed by atoms with Gasteiger partial charge in [-0.3, -0.25) is 4.79 Å². The molecule has 0 aliphatic rings. The fourth-order valence-corrected chi connectivity index (χ4v) is 2.20. The maximum Gasteiger partial charge on any atom is 0.239 e. The van der Waals surface area contributed by atoms with E-state index in [4.69, 9.17) is 16.3 Å². The van der Waals surface area contributed by atoms with Crippen LogP contribution in [0, 0.1) is 0 Å². The molecule has 20 heavy (non-hydrogen) atoms. The summed E-state index contributed by atoms with van der Waals surface area (Å²) in [5.74, 6) is 1.55. The Morgan fingerprint density at radius 1 is 1.50 bits per heavy atom. The Morgan fingerprint density at radius 2 is 2.30 bits per heavy atom. The van der Waals surface area contributed by atoms with Gasteiger partial charge in [-0.1, -0.05) is 13.0 Å². The van der Waals surface area contributed by atoms with Gasteiger partial charge in [-0.15, -0.1) is 11.6 Å². The van der Waals surface area contributed by atoms with Gasteiger partial charge in [0.05, 0.1) is 18.0 Å². The highest BCUT2D eigenvalue weighted by atomic mass is 35.5. The van der Waals surface area contributed by atoms with Gasteiger partial charge < -0.3 is 14.6 Å². The number of imidazole rings is 1. The summed E-state index contributed by atoms with van der Waals surface area (Å²) in [4.78, 5) is 16.1. The molecule has 1 amide bonds. The molecule has 0 saturated carbocycles. The number of likely N-dealkylation sites (N-methyl/N-ethyl adjacent to an activating group) is 1. The Balaban J connectivity index is 2.48. The van der Waals surface area contributed by atoms with E-state index in [0.717, 1.165) is 23.2 Å². The van der Waals surface area contributed by atoms with Crippen LogP contribution in [-0.2, 0) is 17.2 Å². The Morgan fingerprint density at radius 3 is 2.95 bits per heavy atom. The monoisotopic (exact) mass is 295 g/mol. The molecule has 0 spiro atoms. The second-order valence-corrected chi connectivity index (χ2v) is 4.66. The Labute approximate surface area is 122 Å². The van der Waals surface area contributed by atoms with Crippen molar-refractivity contribution in [1.29, 1.82) is 0 Å². The first-order chi connectivity index (χ1) is 9.71. The molecule has 0 aliphatic carbocycles. The first-order valence-electron chi connectivity index (χ1n) is 6.58. The number of ether oxygens (including phenoxy) is 1. The van der Waals surface area contributed by atoms with Crippen molar-refractivity contribution in [1.82, 2.24) is 14.9 Å². The number of hydrogen-bond acceptors (Lipinski definition) is 3. The molecule has 0 radical (unpaired) electrons. The van der Waals surface area contributed by atoms with Gasteiger partial charge in [0.25, 0.3) is 0 Å². The fraction of sp³-hybridized carbons (Fsp3) is 0.429. The predicted octanol–water partition coefficient (Wildman–Crippen LogP) is 2.31. The number of para-hydroxylation sites is 1. The normalized spacial score (nSPS) is 10.8. The quantitative estimate of drug-likeness (QED) is 0.832. The van der Waals surface area contributed by atoms with Crippen molar-refractivity contribution in [2.24, 2.45) is 0 Å². The van der Waals surface area contributed by atoms with Gasteiger partial charge in [0.1, 0.15) is 23.6 Å². The number of amides is 1. The molecule has 1 heterocycles. The highest BCUT2D eigenvalue weighted by Gasteiger charge is 2.15. The molecule has 6 heteroatoms. The molecule has 0 bridgehead atoms. The van der Waals surface area contributed by atoms with Gasteiger partial charge in [-0.05, 0) is 18.6 Å². The molecule has 1 N–H and O–H groups in total. The van der Waals surface area contributed by atoms with Crippen molar-refractivity contribution in [3.8, 4) is 5.75 Å². The zero-order chi connectivity index (χ0) is 14.5. The third kappa shape index (κ3) is 2.88. The number of nitrogens with zero attached hydrogens (tertiary/aromatic N) is 2. The Hall–Kier alpha value is -1.75. The summed E-state index contributed by atoms with van der Waals surface area (Å²) in [5.41, 5.74) is 1.61. The number of rotatable bonds is 6. The lowest BCUT2D eigenvalue weighted by molar-refractivity contribution is -0.121. The van der Waals surface area contributed by atoms with Crippen molar-refractivity contribution in [3.63, 3.8) is 0 Å². The fourth-order valence-electron chi connectivity index (χ4n) is 2.00. The summed E-state index contributed by atoms with van der Waals surface area (Å²) in [6.07, 6.45) is 0.928. The highest BCUT2D eigenvalue weighted by Crippen LogP contribution is 2.26. The van der Waals surface area contributed by atoms with Crippen molar-refractivity contribution in [3.05, 3.63) is 24.0 Å². The van der Waals surface area contributed by atoms with Crippen LogP contribution in [0.4, 0.5) is 0 Å². The maximum absolute atomic E-state index is 11.6. The van der Waals surface area contributed by atoms with Gasteiger partial charge in [-0.2, -0.15) is 0 Å². The van der Waals surface area contributed by atoms with E-state index in [0.29, 0.717) is 12.4 Å². The number of aromatic nitrogens is 2. The Kier molecular flexibility index (Phi) is 4.84. The van der Waals surface area contributed by atoms with Crippen LogP contribution in [0.1, 0.15) is 19.2 Å². The van der Waals surface area contributed by atoms with E-state index in [1.165, 1.54) is 0 Å². The molecular formula is C14H18ClN3O2. The zero-order valence-corrected chi connectivity index (χ0v) is 12.4. The van der Waals surface area contributed by atoms with Crippen molar-refractivity contribution in [2.75, 3.05) is 13.7 Å². The van der Waals surface area contributed by atoms with Crippen LogP contribution in [-0.4, -0.2) is 29.1 Å². The number of carbonyl (C=O) groups is 1. The summed E-state index contributed by atoms with van der Waals surface area (Å²) >= 11 is 5.93. The summed E-state index contributed by atoms with van der Waals surface area (Å²) in [5, 5.41) is 2.61. The maximum atomic E-state index is 11.6. The third-order valence-electron chi connectivity index (χ3n) is 2.98. The van der Waals surface area contributed by atoms with Crippen molar-refractivity contribution < 1.29 is 9.53 Å². The van der Waals surface area contributed by atoms with Crippen LogP contribution in [0.2, 0.25) is 0 Å². The minimum atomic E-state index is -0.0875. The highest BCUT2D eigenvalue weighted by molar-refractivity contribution is 6.17. The lowest BCUT2D eigenvalue weighted by Gasteiger charge is -2.07. The standard InChI is InChI=1S/C14H18ClN3O2/c1-3-7-20-11-6-4-5-10-14(11)17-12(8-15)18(10)9-13(19)16-2/h4-6H,3,7-9H2,1-2H3,(H,16,19).